The molecule has 1 heterocycles. The number of nitrogens with zero attached hydrogens (tertiary/aromatic N) is 1. The summed E-state index contributed by atoms with van der Waals surface area (Å²) in [5, 5.41) is 2.86. The molecule has 0 spiro atoms. The Morgan fingerprint density at radius 2 is 2.15 bits per heavy atom. The van der Waals surface area contributed by atoms with Crippen LogP contribution in [0.25, 0.3) is 0 Å². The summed E-state index contributed by atoms with van der Waals surface area (Å²) >= 11 is 0. The van der Waals surface area contributed by atoms with Gasteiger partial charge < -0.3 is 11.1 Å². The first-order chi connectivity index (χ1) is 9.54. The maximum Gasteiger partial charge on any atom is 0.234 e. The third kappa shape index (κ3) is 4.28. The van der Waals surface area contributed by atoms with Gasteiger partial charge in [-0.3, -0.25) is 9.69 Å². The Kier molecular flexibility index (Phi) is 5.09. The van der Waals surface area contributed by atoms with E-state index in [0.29, 0.717) is 19.0 Å². The van der Waals surface area contributed by atoms with Crippen LogP contribution in [0.15, 0.2) is 24.3 Å². The minimum atomic E-state index is -0.265. The van der Waals surface area contributed by atoms with E-state index >= 15 is 0 Å². The average molecular weight is 279 g/mol. The highest BCUT2D eigenvalue weighted by atomic mass is 19.1. The fourth-order valence-corrected chi connectivity index (χ4v) is 2.46. The smallest absolute Gasteiger partial charge is 0.234 e. The molecule has 0 saturated carbocycles. The van der Waals surface area contributed by atoms with Gasteiger partial charge in [0.1, 0.15) is 5.82 Å². The van der Waals surface area contributed by atoms with E-state index < -0.39 is 0 Å². The Bertz CT molecular complexity index is 449. The van der Waals surface area contributed by atoms with Gasteiger partial charge in [0.15, 0.2) is 0 Å². The monoisotopic (exact) mass is 279 g/mol. The SMILES string of the molecule is CC1CN(CC(=O)NCc2ccc(F)cc2)CCC1N. The van der Waals surface area contributed by atoms with Gasteiger partial charge in [0.2, 0.25) is 5.91 Å². The lowest BCUT2D eigenvalue weighted by Crippen LogP contribution is -2.48. The zero-order valence-corrected chi connectivity index (χ0v) is 11.8. The number of carbonyl (C=O) groups is 1. The molecule has 1 saturated heterocycles. The van der Waals surface area contributed by atoms with E-state index in [1.165, 1.54) is 12.1 Å². The predicted molar refractivity (Wildman–Crippen MR) is 76.4 cm³/mol. The van der Waals surface area contributed by atoms with Crippen molar-refractivity contribution >= 4 is 5.91 Å². The van der Waals surface area contributed by atoms with Crippen LogP contribution in [0.3, 0.4) is 0 Å². The molecule has 0 aliphatic carbocycles. The normalized spacial score (nSPS) is 23.6. The van der Waals surface area contributed by atoms with Gasteiger partial charge in [0.25, 0.3) is 0 Å². The van der Waals surface area contributed by atoms with E-state index in [9.17, 15) is 9.18 Å². The molecule has 0 aromatic heterocycles. The van der Waals surface area contributed by atoms with Gasteiger partial charge in [-0.25, -0.2) is 4.39 Å². The van der Waals surface area contributed by atoms with Gasteiger partial charge in [0.05, 0.1) is 6.54 Å². The summed E-state index contributed by atoms with van der Waals surface area (Å²) in [6.45, 7) is 4.69. The summed E-state index contributed by atoms with van der Waals surface area (Å²) in [6.07, 6.45) is 0.937. The predicted octanol–water partition coefficient (Wildman–Crippen LogP) is 1.11. The summed E-state index contributed by atoms with van der Waals surface area (Å²) in [6, 6.07) is 6.40. The Morgan fingerprint density at radius 3 is 2.80 bits per heavy atom. The summed E-state index contributed by atoms with van der Waals surface area (Å²) < 4.78 is 12.8. The maximum atomic E-state index is 12.8. The number of halogens is 1. The number of nitrogens with one attached hydrogen (secondary N) is 1. The lowest BCUT2D eigenvalue weighted by Gasteiger charge is -2.34. The first-order valence-electron chi connectivity index (χ1n) is 7.03. The second-order valence-corrected chi connectivity index (χ2v) is 5.57. The van der Waals surface area contributed by atoms with E-state index in [4.69, 9.17) is 5.73 Å². The number of nitrogens with two attached hydrogens (primary N) is 1. The number of likely N-dealkylation sites (tertiary alicyclic amines) is 1. The molecule has 1 aromatic carbocycles. The number of hydrogen-bond acceptors (Lipinski definition) is 3. The molecule has 5 heteroatoms. The van der Waals surface area contributed by atoms with Gasteiger partial charge in [-0.15, -0.1) is 0 Å². The van der Waals surface area contributed by atoms with Crippen LogP contribution in [-0.2, 0) is 11.3 Å². The van der Waals surface area contributed by atoms with Crippen molar-refractivity contribution in [3.63, 3.8) is 0 Å². The van der Waals surface area contributed by atoms with Crippen LogP contribution in [0.5, 0.6) is 0 Å². The van der Waals surface area contributed by atoms with Crippen molar-refractivity contribution in [3.05, 3.63) is 35.6 Å². The topological polar surface area (TPSA) is 58.4 Å². The molecule has 20 heavy (non-hydrogen) atoms. The van der Waals surface area contributed by atoms with Crippen molar-refractivity contribution in [2.45, 2.75) is 25.9 Å². The first-order valence-corrected chi connectivity index (χ1v) is 7.03. The molecule has 1 amide bonds. The Balaban J connectivity index is 1.74. The van der Waals surface area contributed by atoms with Crippen LogP contribution in [0.4, 0.5) is 4.39 Å². The highest BCUT2D eigenvalue weighted by molar-refractivity contribution is 5.78. The number of hydrogen-bond donors (Lipinski definition) is 2. The summed E-state index contributed by atoms with van der Waals surface area (Å²) in [7, 11) is 0. The van der Waals surface area contributed by atoms with Gasteiger partial charge >= 0.3 is 0 Å². The molecule has 1 fully saturated rings. The minimum absolute atomic E-state index is 0.00278. The molecular formula is C15H22FN3O. The largest absolute Gasteiger partial charge is 0.351 e. The zero-order valence-electron chi connectivity index (χ0n) is 11.8. The molecular weight excluding hydrogens is 257 g/mol. The van der Waals surface area contributed by atoms with E-state index in [1.807, 2.05) is 0 Å². The third-order valence-corrected chi connectivity index (χ3v) is 3.83. The third-order valence-electron chi connectivity index (χ3n) is 3.83. The van der Waals surface area contributed by atoms with Crippen molar-refractivity contribution in [1.82, 2.24) is 10.2 Å². The number of benzene rings is 1. The molecule has 2 rings (SSSR count). The molecule has 0 radical (unpaired) electrons. The highest BCUT2D eigenvalue weighted by Crippen LogP contribution is 2.14. The fourth-order valence-electron chi connectivity index (χ4n) is 2.46. The van der Waals surface area contributed by atoms with Crippen molar-refractivity contribution < 1.29 is 9.18 Å². The maximum absolute atomic E-state index is 12.8. The highest BCUT2D eigenvalue weighted by Gasteiger charge is 2.24. The summed E-state index contributed by atoms with van der Waals surface area (Å²) in [5.41, 5.74) is 6.86. The van der Waals surface area contributed by atoms with Gasteiger partial charge in [-0.2, -0.15) is 0 Å². The Labute approximate surface area is 119 Å². The van der Waals surface area contributed by atoms with E-state index in [1.54, 1.807) is 12.1 Å². The number of rotatable bonds is 4. The Hall–Kier alpha value is -1.46. The van der Waals surface area contributed by atoms with Crippen molar-refractivity contribution in [2.75, 3.05) is 19.6 Å². The molecule has 0 bridgehead atoms. The zero-order chi connectivity index (χ0) is 14.5. The minimum Gasteiger partial charge on any atom is -0.351 e. The molecule has 3 N–H and O–H groups in total. The van der Waals surface area contributed by atoms with Gasteiger partial charge in [-0.05, 0) is 30.0 Å². The van der Waals surface area contributed by atoms with Gasteiger partial charge in [-0.1, -0.05) is 19.1 Å². The lowest BCUT2D eigenvalue weighted by atomic mass is 9.95. The molecule has 1 aliphatic rings. The summed E-state index contributed by atoms with van der Waals surface area (Å²) in [5.74, 6) is 0.157. The molecule has 4 nitrogen and oxygen atoms in total. The standard InChI is InChI=1S/C15H22FN3O/c1-11-9-19(7-6-14(11)17)10-15(20)18-8-12-2-4-13(16)5-3-12/h2-5,11,14H,6-10,17H2,1H3,(H,18,20). The van der Waals surface area contributed by atoms with Crippen LogP contribution >= 0.6 is 0 Å². The fraction of sp³-hybridized carbons (Fsp3) is 0.533. The molecule has 2 unspecified atom stereocenters. The van der Waals surface area contributed by atoms with Crippen molar-refractivity contribution in [1.29, 1.82) is 0 Å². The van der Waals surface area contributed by atoms with Crippen molar-refractivity contribution in [3.8, 4) is 0 Å². The number of amides is 1. The first kappa shape index (κ1) is 14.9. The van der Waals surface area contributed by atoms with Crippen molar-refractivity contribution in [2.24, 2.45) is 11.7 Å². The second kappa shape index (κ2) is 6.81. The Morgan fingerprint density at radius 1 is 1.45 bits per heavy atom. The van der Waals surface area contributed by atoms with Crippen LogP contribution in [0.2, 0.25) is 0 Å². The molecule has 2 atom stereocenters. The second-order valence-electron chi connectivity index (χ2n) is 5.57. The van der Waals surface area contributed by atoms with Crippen LogP contribution < -0.4 is 11.1 Å². The molecule has 110 valence electrons. The van der Waals surface area contributed by atoms with E-state index in [2.05, 4.69) is 17.1 Å². The molecule has 1 aromatic rings. The van der Waals surface area contributed by atoms with E-state index in [0.717, 1.165) is 25.1 Å². The average Bonchev–Trinajstić information content (AvgIpc) is 2.42. The molecule has 1 aliphatic heterocycles. The number of carbonyl (C=O) groups excluding carboxylic acids is 1. The van der Waals surface area contributed by atoms with Crippen LogP contribution in [-0.4, -0.2) is 36.5 Å². The van der Waals surface area contributed by atoms with Gasteiger partial charge in [0, 0.05) is 25.7 Å². The van der Waals surface area contributed by atoms with Crippen LogP contribution in [0, 0.1) is 11.7 Å². The lowest BCUT2D eigenvalue weighted by molar-refractivity contribution is -0.122. The summed E-state index contributed by atoms with van der Waals surface area (Å²) in [4.78, 5) is 14.0. The number of piperidine rings is 1. The van der Waals surface area contributed by atoms with Crippen LogP contribution in [0.1, 0.15) is 18.9 Å². The quantitative estimate of drug-likeness (QED) is 0.868. The van der Waals surface area contributed by atoms with E-state index in [-0.39, 0.29) is 17.8 Å².